The molecule has 208 valence electrons. The maximum atomic E-state index is 14.2. The van der Waals surface area contributed by atoms with E-state index < -0.39 is 0 Å². The van der Waals surface area contributed by atoms with Gasteiger partial charge in [0.1, 0.15) is 12.4 Å². The van der Waals surface area contributed by atoms with Gasteiger partial charge in [0.15, 0.2) is 16.7 Å². The summed E-state index contributed by atoms with van der Waals surface area (Å²) in [6.07, 6.45) is 1.86. The number of aliphatic imine (C=N–C) groups is 1. The second kappa shape index (κ2) is 13.8. The molecule has 41 heavy (non-hydrogen) atoms. The lowest BCUT2D eigenvalue weighted by Gasteiger charge is -2.16. The van der Waals surface area contributed by atoms with E-state index in [-0.39, 0.29) is 18.3 Å². The lowest BCUT2D eigenvalue weighted by atomic mass is 10.1. The van der Waals surface area contributed by atoms with Crippen molar-refractivity contribution in [2.45, 2.75) is 26.6 Å². The normalized spacial score (nSPS) is 15.1. The number of carbonyl (C=O) groups excluding carboxylic acids is 1. The van der Waals surface area contributed by atoms with Crippen molar-refractivity contribution in [3.63, 3.8) is 0 Å². The molecule has 5 nitrogen and oxygen atoms in total. The summed E-state index contributed by atoms with van der Waals surface area (Å²) in [6, 6.07) is 30.2. The van der Waals surface area contributed by atoms with Gasteiger partial charge in [-0.3, -0.25) is 14.7 Å². The van der Waals surface area contributed by atoms with Gasteiger partial charge in [0.05, 0.1) is 28.2 Å². The van der Waals surface area contributed by atoms with E-state index in [2.05, 4.69) is 22.6 Å². The van der Waals surface area contributed by atoms with E-state index in [0.29, 0.717) is 46.8 Å². The first kappa shape index (κ1) is 28.9. The van der Waals surface area contributed by atoms with E-state index in [1.807, 2.05) is 85.8 Å². The van der Waals surface area contributed by atoms with Crippen molar-refractivity contribution in [2.24, 2.45) is 4.99 Å². The summed E-state index contributed by atoms with van der Waals surface area (Å²) in [5.41, 5.74) is 3.37. The zero-order chi connectivity index (χ0) is 28.6. The molecule has 1 fully saturated rings. The molecule has 8 heteroatoms. The fraction of sp³-hybridized carbons (Fsp3) is 0.152. The van der Waals surface area contributed by atoms with Gasteiger partial charge < -0.3 is 9.47 Å². The van der Waals surface area contributed by atoms with Crippen molar-refractivity contribution >= 4 is 51.5 Å². The zero-order valence-corrected chi connectivity index (χ0v) is 25.4. The summed E-state index contributed by atoms with van der Waals surface area (Å²) >= 11 is 3.55. The topological polar surface area (TPSA) is 51.1 Å². The highest BCUT2D eigenvalue weighted by Gasteiger charge is 2.33. The zero-order valence-electron chi connectivity index (χ0n) is 22.4. The van der Waals surface area contributed by atoms with Crippen LogP contribution in [0.3, 0.4) is 0 Å². The summed E-state index contributed by atoms with van der Waals surface area (Å²) in [6.45, 7) is 3.32. The van der Waals surface area contributed by atoms with Gasteiger partial charge in [-0.25, -0.2) is 4.39 Å². The van der Waals surface area contributed by atoms with Crippen molar-refractivity contribution in [1.82, 2.24) is 4.90 Å². The van der Waals surface area contributed by atoms with Gasteiger partial charge in [-0.05, 0) is 82.2 Å². The van der Waals surface area contributed by atoms with Crippen LogP contribution < -0.4 is 9.47 Å². The quantitative estimate of drug-likeness (QED) is 0.126. The van der Waals surface area contributed by atoms with Crippen LogP contribution in [0.25, 0.3) is 6.08 Å². The molecule has 0 atom stereocenters. The minimum Gasteiger partial charge on any atom is -0.490 e. The van der Waals surface area contributed by atoms with Crippen LogP contribution in [-0.2, 0) is 24.5 Å². The Morgan fingerprint density at radius 3 is 2.32 bits per heavy atom. The molecule has 1 heterocycles. The van der Waals surface area contributed by atoms with Crippen LogP contribution in [0.15, 0.2) is 107 Å². The number of hydrogen-bond donors (Lipinski definition) is 0. The van der Waals surface area contributed by atoms with E-state index in [1.165, 1.54) is 17.8 Å². The average Bonchev–Trinajstić information content (AvgIpc) is 3.27. The molecule has 0 saturated carbocycles. The molecular weight excluding hydrogens is 650 g/mol. The van der Waals surface area contributed by atoms with Gasteiger partial charge in [0.25, 0.3) is 5.91 Å². The molecule has 1 saturated heterocycles. The van der Waals surface area contributed by atoms with E-state index in [1.54, 1.807) is 23.1 Å². The Kier molecular flexibility index (Phi) is 9.74. The van der Waals surface area contributed by atoms with E-state index in [4.69, 9.17) is 14.5 Å². The Balaban J connectivity index is 1.43. The Bertz CT molecular complexity index is 1580. The molecule has 1 aliphatic rings. The second-order valence-corrected chi connectivity index (χ2v) is 11.4. The van der Waals surface area contributed by atoms with Crippen LogP contribution in [0, 0.1) is 9.39 Å². The number of thioether (sulfide) groups is 1. The average molecular weight is 679 g/mol. The largest absolute Gasteiger partial charge is 0.490 e. The van der Waals surface area contributed by atoms with Gasteiger partial charge in [-0.15, -0.1) is 0 Å². The molecule has 0 unspecified atom stereocenters. The van der Waals surface area contributed by atoms with E-state index >= 15 is 0 Å². The SMILES string of the molecule is CCOc1cc(/C=C2/SC(=NCc3ccccc3)N(Cc3ccccc3)C2=O)cc(I)c1OCc1ccccc1F. The number of amides is 1. The third-order valence-corrected chi connectivity index (χ3v) is 8.12. The Morgan fingerprint density at radius 2 is 1.61 bits per heavy atom. The molecule has 1 amide bonds. The van der Waals surface area contributed by atoms with Crippen LogP contribution in [-0.4, -0.2) is 22.6 Å². The minimum absolute atomic E-state index is 0.0766. The lowest BCUT2D eigenvalue weighted by molar-refractivity contribution is -0.122. The number of amidine groups is 1. The molecular formula is C33H28FIN2O3S. The summed E-state index contributed by atoms with van der Waals surface area (Å²) in [7, 11) is 0. The number of rotatable bonds is 10. The maximum Gasteiger partial charge on any atom is 0.267 e. The van der Waals surface area contributed by atoms with Gasteiger partial charge in [0.2, 0.25) is 0 Å². The smallest absolute Gasteiger partial charge is 0.267 e. The van der Waals surface area contributed by atoms with E-state index in [9.17, 15) is 9.18 Å². The molecule has 0 N–H and O–H groups in total. The third-order valence-electron chi connectivity index (χ3n) is 6.27. The molecule has 0 aromatic heterocycles. The highest BCUT2D eigenvalue weighted by molar-refractivity contribution is 14.1. The predicted octanol–water partition coefficient (Wildman–Crippen LogP) is 8.08. The third kappa shape index (κ3) is 7.37. The first-order chi connectivity index (χ1) is 20.0. The fourth-order valence-corrected chi connectivity index (χ4v) is 6.02. The fourth-order valence-electron chi connectivity index (χ4n) is 4.26. The van der Waals surface area contributed by atoms with Gasteiger partial charge in [-0.2, -0.15) is 0 Å². The summed E-state index contributed by atoms with van der Waals surface area (Å²) in [4.78, 5) is 20.8. The van der Waals surface area contributed by atoms with Crippen LogP contribution in [0.4, 0.5) is 4.39 Å². The molecule has 4 aromatic carbocycles. The van der Waals surface area contributed by atoms with Crippen LogP contribution in [0.5, 0.6) is 11.5 Å². The molecule has 4 aromatic rings. The predicted molar refractivity (Wildman–Crippen MR) is 171 cm³/mol. The first-order valence-electron chi connectivity index (χ1n) is 13.2. The maximum absolute atomic E-state index is 14.2. The van der Waals surface area contributed by atoms with Gasteiger partial charge >= 0.3 is 0 Å². The molecule has 1 aliphatic heterocycles. The number of nitrogens with zero attached hydrogens (tertiary/aromatic N) is 2. The number of benzene rings is 4. The summed E-state index contributed by atoms with van der Waals surface area (Å²) < 4.78 is 26.9. The highest BCUT2D eigenvalue weighted by Crippen LogP contribution is 2.38. The number of carbonyl (C=O) groups is 1. The van der Waals surface area contributed by atoms with Crippen LogP contribution in [0.2, 0.25) is 0 Å². The van der Waals surface area contributed by atoms with Gasteiger partial charge in [-0.1, -0.05) is 78.9 Å². The highest BCUT2D eigenvalue weighted by atomic mass is 127. The summed E-state index contributed by atoms with van der Waals surface area (Å²) in [5, 5.41) is 0.665. The number of halogens is 2. The van der Waals surface area contributed by atoms with E-state index in [0.717, 1.165) is 20.3 Å². The molecule has 0 radical (unpaired) electrons. The minimum atomic E-state index is -0.316. The van der Waals surface area contributed by atoms with Crippen molar-refractivity contribution in [3.8, 4) is 11.5 Å². The number of ether oxygens (including phenoxy) is 2. The Labute approximate surface area is 257 Å². The summed E-state index contributed by atoms with van der Waals surface area (Å²) in [5.74, 6) is 0.665. The molecule has 0 spiro atoms. The molecule has 0 bridgehead atoms. The van der Waals surface area contributed by atoms with Crippen molar-refractivity contribution in [2.75, 3.05) is 6.61 Å². The van der Waals surface area contributed by atoms with Crippen molar-refractivity contribution in [1.29, 1.82) is 0 Å². The Morgan fingerprint density at radius 1 is 0.927 bits per heavy atom. The number of hydrogen-bond acceptors (Lipinski definition) is 5. The monoisotopic (exact) mass is 678 g/mol. The first-order valence-corrected chi connectivity index (χ1v) is 15.1. The van der Waals surface area contributed by atoms with Crippen LogP contribution >= 0.6 is 34.4 Å². The molecule has 5 rings (SSSR count). The van der Waals surface area contributed by atoms with Crippen LogP contribution in [0.1, 0.15) is 29.2 Å². The molecule has 0 aliphatic carbocycles. The lowest BCUT2D eigenvalue weighted by Crippen LogP contribution is -2.28. The van der Waals surface area contributed by atoms with Crippen molar-refractivity contribution < 1.29 is 18.7 Å². The Hall–Kier alpha value is -3.63. The standard InChI is InChI=1S/C33H28FIN2O3S/c1-2-39-29-18-25(17-28(35)31(29)40-22-26-15-9-10-16-27(26)34)19-30-32(38)37(21-24-13-7-4-8-14-24)33(41-30)36-20-23-11-5-3-6-12-23/h3-19H,2,20-22H2,1H3/b30-19+,36-33?. The van der Waals surface area contributed by atoms with Gasteiger partial charge in [0, 0.05) is 5.56 Å². The van der Waals surface area contributed by atoms with Crippen molar-refractivity contribution in [3.05, 3.63) is 134 Å². The second-order valence-electron chi connectivity index (χ2n) is 9.22.